The molecule has 0 unspecified atom stereocenters. The third kappa shape index (κ3) is 3.74. The topological polar surface area (TPSA) is 43.1 Å². The number of benzene rings is 1. The molecule has 0 saturated carbocycles. The second-order valence-corrected chi connectivity index (χ2v) is 3.12. The average Bonchev–Trinajstić information content (AvgIpc) is 2.13. The van der Waals surface area contributed by atoms with E-state index in [9.17, 15) is 10.1 Å². The molecule has 0 aliphatic rings. The summed E-state index contributed by atoms with van der Waals surface area (Å²) in [5, 5.41) is 10.7. The molecule has 0 heterocycles. The summed E-state index contributed by atoms with van der Waals surface area (Å²) in [6.07, 6.45) is 0. The van der Waals surface area contributed by atoms with Crippen molar-refractivity contribution in [2.24, 2.45) is 0 Å². The van der Waals surface area contributed by atoms with Gasteiger partial charge in [0, 0.05) is 16.6 Å². The summed E-state index contributed by atoms with van der Waals surface area (Å²) in [5.74, 6) is 0. The van der Waals surface area contributed by atoms with E-state index in [1.807, 2.05) is 13.8 Å². The number of nitro benzene ring substituents is 1. The molecule has 0 amide bonds. The molecule has 5 heteroatoms. The monoisotopic (exact) mass is 265 g/mol. The van der Waals surface area contributed by atoms with Crippen molar-refractivity contribution in [1.29, 1.82) is 0 Å². The third-order valence-electron chi connectivity index (χ3n) is 1.11. The molecule has 0 atom stereocenters. The van der Waals surface area contributed by atoms with Gasteiger partial charge in [-0.15, -0.1) is 0 Å². The molecule has 1 aromatic rings. The molecule has 0 aromatic heterocycles. The first-order valence-electron chi connectivity index (χ1n) is 3.70. The zero-order valence-corrected chi connectivity index (χ0v) is 9.59. The minimum Gasteiger partial charge on any atom is -0.258 e. The van der Waals surface area contributed by atoms with E-state index in [0.29, 0.717) is 9.50 Å². The van der Waals surface area contributed by atoms with Gasteiger partial charge in [-0.2, -0.15) is 0 Å². The van der Waals surface area contributed by atoms with Gasteiger partial charge in [-0.3, -0.25) is 10.1 Å². The lowest BCUT2D eigenvalue weighted by molar-refractivity contribution is -0.384. The highest BCUT2D eigenvalue weighted by Crippen LogP contribution is 2.26. The van der Waals surface area contributed by atoms with E-state index in [1.165, 1.54) is 18.2 Å². The maximum absolute atomic E-state index is 10.2. The Labute approximate surface area is 90.0 Å². The van der Waals surface area contributed by atoms with Crippen LogP contribution in [0.1, 0.15) is 13.8 Å². The predicted molar refractivity (Wildman–Crippen MR) is 57.2 cm³/mol. The zero-order chi connectivity index (χ0) is 10.4. The van der Waals surface area contributed by atoms with Gasteiger partial charge in [-0.1, -0.05) is 25.4 Å². The van der Waals surface area contributed by atoms with Crippen LogP contribution in [0.2, 0.25) is 5.02 Å². The van der Waals surface area contributed by atoms with Crippen LogP contribution in [0.3, 0.4) is 0 Å². The number of hydrogen-bond acceptors (Lipinski definition) is 2. The second-order valence-electron chi connectivity index (χ2n) is 1.86. The lowest BCUT2D eigenvalue weighted by Gasteiger charge is -1.93. The fraction of sp³-hybridized carbons (Fsp3) is 0.250. The Bertz CT molecular complexity index is 304. The Morgan fingerprint density at radius 1 is 1.46 bits per heavy atom. The number of rotatable bonds is 1. The molecular weight excluding hydrogens is 257 g/mol. The fourth-order valence-corrected chi connectivity index (χ4v) is 1.08. The van der Waals surface area contributed by atoms with Gasteiger partial charge in [0.05, 0.1) is 9.95 Å². The fourth-order valence-electron chi connectivity index (χ4n) is 0.599. The van der Waals surface area contributed by atoms with Gasteiger partial charge < -0.3 is 0 Å². The Morgan fingerprint density at radius 3 is 2.38 bits per heavy atom. The number of halogens is 2. The molecule has 1 rings (SSSR count). The first-order chi connectivity index (χ1) is 6.11. The van der Waals surface area contributed by atoms with E-state index < -0.39 is 4.92 Å². The molecule has 0 bridgehead atoms. The normalized spacial score (nSPS) is 8.62. The van der Waals surface area contributed by atoms with Crippen molar-refractivity contribution in [2.45, 2.75) is 13.8 Å². The molecule has 1 aromatic carbocycles. The zero-order valence-electron chi connectivity index (χ0n) is 7.25. The van der Waals surface area contributed by atoms with Crippen LogP contribution in [0.25, 0.3) is 0 Å². The van der Waals surface area contributed by atoms with Crippen molar-refractivity contribution in [1.82, 2.24) is 0 Å². The van der Waals surface area contributed by atoms with Gasteiger partial charge >= 0.3 is 0 Å². The first kappa shape index (κ1) is 12.4. The number of nitro groups is 1. The number of nitrogens with zero attached hydrogens (tertiary/aromatic N) is 1. The van der Waals surface area contributed by atoms with E-state index in [0.717, 1.165) is 0 Å². The molecule has 0 aliphatic heterocycles. The molecule has 0 spiro atoms. The highest BCUT2D eigenvalue weighted by atomic mass is 79.9. The highest BCUT2D eigenvalue weighted by molar-refractivity contribution is 9.10. The van der Waals surface area contributed by atoms with E-state index in [2.05, 4.69) is 15.9 Å². The highest BCUT2D eigenvalue weighted by Gasteiger charge is 2.06. The van der Waals surface area contributed by atoms with E-state index in [1.54, 1.807) is 0 Å². The Morgan fingerprint density at radius 2 is 2.00 bits per heavy atom. The van der Waals surface area contributed by atoms with Gasteiger partial charge in [-0.05, 0) is 22.0 Å². The van der Waals surface area contributed by atoms with Crippen molar-refractivity contribution in [3.63, 3.8) is 0 Å². The molecule has 3 nitrogen and oxygen atoms in total. The molecule has 13 heavy (non-hydrogen) atoms. The van der Waals surface area contributed by atoms with Gasteiger partial charge in [0.2, 0.25) is 0 Å². The minimum atomic E-state index is -0.471. The maximum atomic E-state index is 10.2. The summed E-state index contributed by atoms with van der Waals surface area (Å²) in [4.78, 5) is 9.73. The lowest BCUT2D eigenvalue weighted by atomic mass is 10.3. The third-order valence-corrected chi connectivity index (χ3v) is 2.33. The van der Waals surface area contributed by atoms with Gasteiger partial charge in [0.25, 0.3) is 5.69 Å². The van der Waals surface area contributed by atoms with Crippen LogP contribution in [0, 0.1) is 10.1 Å². The van der Waals surface area contributed by atoms with E-state index in [-0.39, 0.29) is 5.69 Å². The first-order valence-corrected chi connectivity index (χ1v) is 4.88. The Hall–Kier alpha value is -0.610. The summed E-state index contributed by atoms with van der Waals surface area (Å²) in [5.41, 5.74) is 0.0290. The average molecular weight is 267 g/mol. The van der Waals surface area contributed by atoms with Crippen molar-refractivity contribution < 1.29 is 4.92 Å². The summed E-state index contributed by atoms with van der Waals surface area (Å²) in [7, 11) is 0. The van der Waals surface area contributed by atoms with Gasteiger partial charge in [0.1, 0.15) is 0 Å². The van der Waals surface area contributed by atoms with Crippen LogP contribution in [-0.4, -0.2) is 4.92 Å². The van der Waals surface area contributed by atoms with Crippen LogP contribution in [0.4, 0.5) is 5.69 Å². The van der Waals surface area contributed by atoms with Crippen LogP contribution >= 0.6 is 27.5 Å². The molecule has 0 saturated heterocycles. The van der Waals surface area contributed by atoms with Crippen LogP contribution in [0.15, 0.2) is 22.7 Å². The van der Waals surface area contributed by atoms with Crippen LogP contribution < -0.4 is 0 Å². The van der Waals surface area contributed by atoms with E-state index in [4.69, 9.17) is 11.6 Å². The molecule has 0 N–H and O–H groups in total. The van der Waals surface area contributed by atoms with E-state index >= 15 is 0 Å². The van der Waals surface area contributed by atoms with Crippen LogP contribution in [-0.2, 0) is 0 Å². The molecular formula is C8H9BrClNO2. The second kappa shape index (κ2) is 5.94. The quantitative estimate of drug-likeness (QED) is 0.569. The molecule has 0 fully saturated rings. The SMILES string of the molecule is CC.O=[N+]([O-])c1ccc(Cl)c(Br)c1. The molecule has 72 valence electrons. The Balaban J connectivity index is 0.000000671. The maximum Gasteiger partial charge on any atom is 0.270 e. The van der Waals surface area contributed by atoms with Crippen molar-refractivity contribution in [3.8, 4) is 0 Å². The van der Waals surface area contributed by atoms with Crippen molar-refractivity contribution in [2.75, 3.05) is 0 Å². The number of hydrogen-bond donors (Lipinski definition) is 0. The summed E-state index contributed by atoms with van der Waals surface area (Å²) in [6, 6.07) is 4.19. The lowest BCUT2D eigenvalue weighted by Crippen LogP contribution is -1.86. The van der Waals surface area contributed by atoms with Gasteiger partial charge in [0.15, 0.2) is 0 Å². The summed E-state index contributed by atoms with van der Waals surface area (Å²) in [6.45, 7) is 4.00. The Kier molecular flexibility index (Phi) is 5.66. The smallest absolute Gasteiger partial charge is 0.258 e. The van der Waals surface area contributed by atoms with Crippen LogP contribution in [0.5, 0.6) is 0 Å². The number of non-ortho nitro benzene ring substituents is 1. The predicted octanol–water partition coefficient (Wildman–Crippen LogP) is 4.04. The van der Waals surface area contributed by atoms with Gasteiger partial charge in [-0.25, -0.2) is 0 Å². The van der Waals surface area contributed by atoms with Crippen molar-refractivity contribution >= 4 is 33.2 Å². The standard InChI is InChI=1S/C6H3BrClNO2.C2H6/c7-5-3-4(9(10)11)1-2-6(5)8;1-2/h1-3H;1-2H3. The van der Waals surface area contributed by atoms with Crippen molar-refractivity contribution in [3.05, 3.63) is 37.8 Å². The molecule has 0 radical (unpaired) electrons. The summed E-state index contributed by atoms with van der Waals surface area (Å²) >= 11 is 8.69. The summed E-state index contributed by atoms with van der Waals surface area (Å²) < 4.78 is 0.536. The largest absolute Gasteiger partial charge is 0.270 e. The minimum absolute atomic E-state index is 0.0290. The molecule has 0 aliphatic carbocycles.